The first-order valence-electron chi connectivity index (χ1n) is 6.06. The molecule has 0 radical (unpaired) electrons. The fraction of sp³-hybridized carbons (Fsp3) is 0.0769. The van der Waals surface area contributed by atoms with E-state index in [1.54, 1.807) is 35.0 Å². The van der Waals surface area contributed by atoms with Crippen molar-refractivity contribution in [3.05, 3.63) is 48.3 Å². The Labute approximate surface area is 130 Å². The van der Waals surface area contributed by atoms with Crippen molar-refractivity contribution in [2.24, 2.45) is 0 Å². The SMILES string of the molecule is CSc1ccccc1Nc1nc(Cl)nc(-n2ccnc2)n1. The molecule has 8 heteroatoms. The van der Waals surface area contributed by atoms with Gasteiger partial charge in [-0.3, -0.25) is 4.57 Å². The van der Waals surface area contributed by atoms with Gasteiger partial charge in [0.1, 0.15) is 6.33 Å². The summed E-state index contributed by atoms with van der Waals surface area (Å²) in [6.45, 7) is 0. The van der Waals surface area contributed by atoms with Gasteiger partial charge in [-0.1, -0.05) is 12.1 Å². The van der Waals surface area contributed by atoms with Crippen LogP contribution in [0.15, 0.2) is 47.9 Å². The molecule has 21 heavy (non-hydrogen) atoms. The van der Waals surface area contributed by atoms with Crippen molar-refractivity contribution in [2.45, 2.75) is 4.90 Å². The van der Waals surface area contributed by atoms with E-state index >= 15 is 0 Å². The van der Waals surface area contributed by atoms with Crippen molar-refractivity contribution in [3.8, 4) is 5.95 Å². The fourth-order valence-corrected chi connectivity index (χ4v) is 2.47. The summed E-state index contributed by atoms with van der Waals surface area (Å²) in [6, 6.07) is 7.91. The largest absolute Gasteiger partial charge is 0.323 e. The molecule has 3 aromatic rings. The minimum Gasteiger partial charge on any atom is -0.323 e. The summed E-state index contributed by atoms with van der Waals surface area (Å²) in [4.78, 5) is 17.6. The first-order chi connectivity index (χ1) is 10.3. The molecule has 0 amide bonds. The average Bonchev–Trinajstić information content (AvgIpc) is 3.01. The van der Waals surface area contributed by atoms with Gasteiger partial charge in [0.15, 0.2) is 0 Å². The Balaban J connectivity index is 1.96. The zero-order chi connectivity index (χ0) is 14.7. The predicted molar refractivity (Wildman–Crippen MR) is 83.5 cm³/mol. The topological polar surface area (TPSA) is 68.5 Å². The number of nitrogens with one attached hydrogen (secondary N) is 1. The monoisotopic (exact) mass is 318 g/mol. The number of rotatable bonds is 4. The second-order valence-corrected chi connectivity index (χ2v) is 5.21. The van der Waals surface area contributed by atoms with E-state index in [9.17, 15) is 0 Å². The lowest BCUT2D eigenvalue weighted by Crippen LogP contribution is -2.05. The molecule has 0 aliphatic carbocycles. The van der Waals surface area contributed by atoms with Crippen LogP contribution < -0.4 is 5.32 Å². The molecule has 0 fully saturated rings. The van der Waals surface area contributed by atoms with E-state index in [0.717, 1.165) is 10.6 Å². The van der Waals surface area contributed by atoms with Crippen molar-refractivity contribution in [1.82, 2.24) is 24.5 Å². The lowest BCUT2D eigenvalue weighted by atomic mass is 10.3. The molecule has 6 nitrogen and oxygen atoms in total. The summed E-state index contributed by atoms with van der Waals surface area (Å²) < 4.78 is 1.67. The van der Waals surface area contributed by atoms with E-state index in [4.69, 9.17) is 11.6 Å². The van der Waals surface area contributed by atoms with Crippen molar-refractivity contribution >= 4 is 35.0 Å². The van der Waals surface area contributed by atoms with Crippen LogP contribution in [-0.4, -0.2) is 30.8 Å². The number of benzene rings is 1. The Morgan fingerprint density at radius 3 is 2.81 bits per heavy atom. The van der Waals surface area contributed by atoms with E-state index in [-0.39, 0.29) is 5.28 Å². The van der Waals surface area contributed by atoms with Crippen LogP contribution in [0.1, 0.15) is 0 Å². The molecular formula is C13H11ClN6S. The number of thioether (sulfide) groups is 1. The Hall–Kier alpha value is -2.12. The van der Waals surface area contributed by atoms with Crippen LogP contribution >= 0.6 is 23.4 Å². The highest BCUT2D eigenvalue weighted by Crippen LogP contribution is 2.26. The number of halogens is 1. The summed E-state index contributed by atoms with van der Waals surface area (Å²) in [5.74, 6) is 0.803. The molecular weight excluding hydrogens is 308 g/mol. The third-order valence-electron chi connectivity index (χ3n) is 2.69. The number of imidazole rings is 1. The van der Waals surface area contributed by atoms with Gasteiger partial charge in [-0.25, -0.2) is 4.98 Å². The van der Waals surface area contributed by atoms with Crippen molar-refractivity contribution in [3.63, 3.8) is 0 Å². The highest BCUT2D eigenvalue weighted by Gasteiger charge is 2.08. The maximum Gasteiger partial charge on any atom is 0.241 e. The summed E-state index contributed by atoms with van der Waals surface area (Å²) in [7, 11) is 0. The van der Waals surface area contributed by atoms with Gasteiger partial charge >= 0.3 is 0 Å². The number of anilines is 2. The number of aromatic nitrogens is 5. The van der Waals surface area contributed by atoms with Crippen LogP contribution in [0.5, 0.6) is 0 Å². The van der Waals surface area contributed by atoms with Gasteiger partial charge in [0.05, 0.1) is 5.69 Å². The van der Waals surface area contributed by atoms with Gasteiger partial charge in [-0.15, -0.1) is 11.8 Å². The van der Waals surface area contributed by atoms with E-state index in [1.807, 2.05) is 30.5 Å². The van der Waals surface area contributed by atoms with Gasteiger partial charge in [-0.2, -0.15) is 15.0 Å². The summed E-state index contributed by atoms with van der Waals surface area (Å²) in [5.41, 5.74) is 0.920. The van der Waals surface area contributed by atoms with E-state index in [0.29, 0.717) is 11.9 Å². The number of hydrogen-bond donors (Lipinski definition) is 1. The zero-order valence-electron chi connectivity index (χ0n) is 11.1. The van der Waals surface area contributed by atoms with Gasteiger partial charge in [-0.05, 0) is 30.0 Å². The normalized spacial score (nSPS) is 10.6. The molecule has 0 unspecified atom stereocenters. The quantitative estimate of drug-likeness (QED) is 0.745. The minimum absolute atomic E-state index is 0.123. The van der Waals surface area contributed by atoms with Gasteiger partial charge in [0.25, 0.3) is 0 Å². The van der Waals surface area contributed by atoms with E-state index in [1.165, 1.54) is 0 Å². The van der Waals surface area contributed by atoms with Gasteiger partial charge in [0.2, 0.25) is 17.2 Å². The zero-order valence-corrected chi connectivity index (χ0v) is 12.6. The van der Waals surface area contributed by atoms with Crippen molar-refractivity contribution in [2.75, 3.05) is 11.6 Å². The molecule has 0 aliphatic heterocycles. The standard InChI is InChI=1S/C13H11ClN6S/c1-21-10-5-3-2-4-9(10)16-12-17-11(14)18-13(19-12)20-7-6-15-8-20/h2-8H,1H3,(H,16,17,18,19). The van der Waals surface area contributed by atoms with Crippen LogP contribution in [0.25, 0.3) is 5.95 Å². The summed E-state index contributed by atoms with van der Waals surface area (Å²) in [6.07, 6.45) is 7.00. The predicted octanol–water partition coefficient (Wildman–Crippen LogP) is 3.18. The Morgan fingerprint density at radius 1 is 1.19 bits per heavy atom. The number of nitrogens with zero attached hydrogens (tertiary/aromatic N) is 5. The Morgan fingerprint density at radius 2 is 2.05 bits per heavy atom. The molecule has 0 bridgehead atoms. The van der Waals surface area contributed by atoms with Crippen LogP contribution in [0.4, 0.5) is 11.6 Å². The second kappa shape index (κ2) is 6.11. The molecule has 106 valence electrons. The third kappa shape index (κ3) is 3.14. The van der Waals surface area contributed by atoms with Crippen LogP contribution in [0.3, 0.4) is 0 Å². The Bertz CT molecular complexity index is 746. The molecule has 1 aromatic carbocycles. The highest BCUT2D eigenvalue weighted by atomic mass is 35.5. The van der Waals surface area contributed by atoms with Gasteiger partial charge in [0, 0.05) is 17.3 Å². The maximum atomic E-state index is 5.97. The Kier molecular flexibility index (Phi) is 4.03. The molecule has 2 heterocycles. The van der Waals surface area contributed by atoms with Crippen LogP contribution in [-0.2, 0) is 0 Å². The maximum absolute atomic E-state index is 5.97. The van der Waals surface area contributed by atoms with Crippen LogP contribution in [0.2, 0.25) is 5.28 Å². The molecule has 0 atom stereocenters. The van der Waals surface area contributed by atoms with E-state index in [2.05, 4.69) is 25.3 Å². The minimum atomic E-state index is 0.123. The molecule has 0 saturated carbocycles. The lowest BCUT2D eigenvalue weighted by Gasteiger charge is -2.10. The first kappa shape index (κ1) is 13.8. The molecule has 0 spiro atoms. The van der Waals surface area contributed by atoms with Crippen LogP contribution in [0, 0.1) is 0 Å². The molecule has 0 aliphatic rings. The van der Waals surface area contributed by atoms with Crippen molar-refractivity contribution < 1.29 is 0 Å². The summed E-state index contributed by atoms with van der Waals surface area (Å²) in [5, 5.41) is 3.29. The van der Waals surface area contributed by atoms with E-state index < -0.39 is 0 Å². The third-order valence-corrected chi connectivity index (χ3v) is 3.65. The fourth-order valence-electron chi connectivity index (χ4n) is 1.76. The molecule has 3 rings (SSSR count). The molecule has 1 N–H and O–H groups in total. The van der Waals surface area contributed by atoms with Crippen molar-refractivity contribution in [1.29, 1.82) is 0 Å². The first-order valence-corrected chi connectivity index (χ1v) is 7.66. The van der Waals surface area contributed by atoms with Gasteiger partial charge < -0.3 is 5.32 Å². The lowest BCUT2D eigenvalue weighted by molar-refractivity contribution is 0.899. The summed E-state index contributed by atoms with van der Waals surface area (Å²) >= 11 is 7.60. The molecule has 2 aromatic heterocycles. The number of hydrogen-bond acceptors (Lipinski definition) is 6. The highest BCUT2D eigenvalue weighted by molar-refractivity contribution is 7.98. The smallest absolute Gasteiger partial charge is 0.241 e. The number of para-hydroxylation sites is 1. The molecule has 0 saturated heterocycles. The average molecular weight is 319 g/mol. The second-order valence-electron chi connectivity index (χ2n) is 4.02.